The minimum atomic E-state index is -3.37. The van der Waals surface area contributed by atoms with Gasteiger partial charge in [0, 0.05) is 12.6 Å². The molecule has 1 fully saturated rings. The van der Waals surface area contributed by atoms with Crippen molar-refractivity contribution in [1.82, 2.24) is 4.31 Å². The average Bonchev–Trinajstić information content (AvgIpc) is 3.13. The number of benzene rings is 2. The van der Waals surface area contributed by atoms with Gasteiger partial charge in [-0.1, -0.05) is 36.4 Å². The van der Waals surface area contributed by atoms with Gasteiger partial charge in [0.05, 0.1) is 5.75 Å². The largest absolute Gasteiger partial charge is 0.486 e. The molecule has 2 heterocycles. The molecular formula is C19H21NO4S. The van der Waals surface area contributed by atoms with Crippen molar-refractivity contribution >= 4 is 10.0 Å². The molecule has 6 heteroatoms. The van der Waals surface area contributed by atoms with E-state index in [1.165, 1.54) is 0 Å². The topological polar surface area (TPSA) is 55.8 Å². The highest BCUT2D eigenvalue weighted by Gasteiger charge is 2.35. The number of ether oxygens (including phenoxy) is 2. The van der Waals surface area contributed by atoms with Crippen LogP contribution in [0.4, 0.5) is 0 Å². The fraction of sp³-hybridized carbons (Fsp3) is 0.368. The van der Waals surface area contributed by atoms with Crippen LogP contribution in [0.1, 0.15) is 30.0 Å². The van der Waals surface area contributed by atoms with E-state index >= 15 is 0 Å². The molecule has 0 amide bonds. The van der Waals surface area contributed by atoms with Crippen LogP contribution in [0.3, 0.4) is 0 Å². The Morgan fingerprint density at radius 1 is 1.00 bits per heavy atom. The lowest BCUT2D eigenvalue weighted by molar-refractivity contribution is 0.171. The Labute approximate surface area is 148 Å². The van der Waals surface area contributed by atoms with Gasteiger partial charge in [-0.15, -0.1) is 0 Å². The third-order valence-corrected chi connectivity index (χ3v) is 6.55. The Hall–Kier alpha value is -2.05. The molecule has 0 N–H and O–H groups in total. The lowest BCUT2D eigenvalue weighted by Gasteiger charge is -2.26. The summed E-state index contributed by atoms with van der Waals surface area (Å²) in [5, 5.41) is 0. The smallest absolute Gasteiger partial charge is 0.218 e. The van der Waals surface area contributed by atoms with Crippen molar-refractivity contribution in [2.75, 3.05) is 19.8 Å². The minimum Gasteiger partial charge on any atom is -0.486 e. The number of nitrogens with zero attached hydrogens (tertiary/aromatic N) is 1. The van der Waals surface area contributed by atoms with E-state index < -0.39 is 10.0 Å². The molecule has 0 aliphatic carbocycles. The number of hydrogen-bond donors (Lipinski definition) is 0. The molecule has 4 rings (SSSR count). The normalized spacial score (nSPS) is 20.6. The van der Waals surface area contributed by atoms with Gasteiger partial charge in [-0.3, -0.25) is 0 Å². The first kappa shape index (κ1) is 16.4. The Morgan fingerprint density at radius 2 is 1.76 bits per heavy atom. The molecule has 2 aromatic carbocycles. The fourth-order valence-electron chi connectivity index (χ4n) is 3.54. The molecule has 2 aromatic rings. The van der Waals surface area contributed by atoms with Crippen molar-refractivity contribution in [1.29, 1.82) is 0 Å². The fourth-order valence-corrected chi connectivity index (χ4v) is 5.34. The van der Waals surface area contributed by atoms with E-state index in [9.17, 15) is 8.42 Å². The van der Waals surface area contributed by atoms with Crippen LogP contribution in [0.15, 0.2) is 48.5 Å². The number of sulfonamides is 1. The Morgan fingerprint density at radius 3 is 2.56 bits per heavy atom. The van der Waals surface area contributed by atoms with Crippen LogP contribution < -0.4 is 9.47 Å². The second-order valence-corrected chi connectivity index (χ2v) is 8.34. The summed E-state index contributed by atoms with van der Waals surface area (Å²) >= 11 is 0. The summed E-state index contributed by atoms with van der Waals surface area (Å²) in [6, 6.07) is 15.0. The third-order valence-electron chi connectivity index (χ3n) is 4.70. The van der Waals surface area contributed by atoms with E-state index in [0.717, 1.165) is 29.7 Å². The highest BCUT2D eigenvalue weighted by atomic mass is 32.2. The first-order valence-corrected chi connectivity index (χ1v) is 10.2. The predicted octanol–water partition coefficient (Wildman–Crippen LogP) is 3.12. The summed E-state index contributed by atoms with van der Waals surface area (Å²) < 4.78 is 38.7. The summed E-state index contributed by atoms with van der Waals surface area (Å²) in [5.74, 6) is 1.47. The summed E-state index contributed by atoms with van der Waals surface area (Å²) in [6.45, 7) is 1.64. The van der Waals surface area contributed by atoms with E-state index in [1.54, 1.807) is 4.31 Å². The Kier molecular flexibility index (Phi) is 4.39. The highest BCUT2D eigenvalue weighted by Crippen LogP contribution is 2.39. The van der Waals surface area contributed by atoms with Crippen molar-refractivity contribution in [2.45, 2.75) is 24.6 Å². The van der Waals surface area contributed by atoms with Crippen molar-refractivity contribution < 1.29 is 17.9 Å². The van der Waals surface area contributed by atoms with Crippen LogP contribution in [0.5, 0.6) is 11.5 Å². The van der Waals surface area contributed by atoms with Crippen LogP contribution in [-0.4, -0.2) is 32.5 Å². The van der Waals surface area contributed by atoms with Gasteiger partial charge in [0.25, 0.3) is 0 Å². The summed E-state index contributed by atoms with van der Waals surface area (Å²) in [7, 11) is -3.37. The molecule has 2 aliphatic rings. The van der Waals surface area contributed by atoms with Gasteiger partial charge in [0.1, 0.15) is 13.2 Å². The molecule has 0 saturated carbocycles. The molecule has 2 aliphatic heterocycles. The molecule has 0 aromatic heterocycles. The second kappa shape index (κ2) is 6.69. The Bertz CT molecular complexity index is 851. The number of rotatable bonds is 4. The van der Waals surface area contributed by atoms with Crippen molar-refractivity contribution in [3.63, 3.8) is 0 Å². The maximum absolute atomic E-state index is 12.9. The lowest BCUT2D eigenvalue weighted by Crippen LogP contribution is -2.31. The van der Waals surface area contributed by atoms with Gasteiger partial charge in [0.15, 0.2) is 11.5 Å². The van der Waals surface area contributed by atoms with Crippen LogP contribution in [0.2, 0.25) is 0 Å². The summed E-state index contributed by atoms with van der Waals surface area (Å²) in [4.78, 5) is 0. The van der Waals surface area contributed by atoms with Gasteiger partial charge in [-0.25, -0.2) is 8.42 Å². The molecular weight excluding hydrogens is 338 g/mol. The van der Waals surface area contributed by atoms with Crippen molar-refractivity contribution in [3.05, 3.63) is 59.7 Å². The van der Waals surface area contributed by atoms with Gasteiger partial charge < -0.3 is 9.47 Å². The van der Waals surface area contributed by atoms with E-state index in [0.29, 0.717) is 25.5 Å². The first-order valence-electron chi connectivity index (χ1n) is 8.56. The van der Waals surface area contributed by atoms with E-state index in [1.807, 2.05) is 48.5 Å². The quantitative estimate of drug-likeness (QED) is 0.842. The average molecular weight is 359 g/mol. The van der Waals surface area contributed by atoms with Gasteiger partial charge in [0.2, 0.25) is 10.0 Å². The van der Waals surface area contributed by atoms with Crippen molar-refractivity contribution in [3.8, 4) is 11.5 Å². The van der Waals surface area contributed by atoms with Crippen LogP contribution in [-0.2, 0) is 15.8 Å². The molecule has 0 spiro atoms. The maximum Gasteiger partial charge on any atom is 0.218 e. The minimum absolute atomic E-state index is 0.0366. The van der Waals surface area contributed by atoms with E-state index in [-0.39, 0.29) is 11.8 Å². The van der Waals surface area contributed by atoms with Crippen LogP contribution >= 0.6 is 0 Å². The molecule has 5 nitrogen and oxygen atoms in total. The SMILES string of the molecule is O=S(=O)(Cc1ccccc1)N1CCCC1c1ccc2c(c1)OCCO2. The lowest BCUT2D eigenvalue weighted by atomic mass is 10.0. The zero-order chi connectivity index (χ0) is 17.3. The van der Waals surface area contributed by atoms with Crippen LogP contribution in [0, 0.1) is 0 Å². The molecule has 1 unspecified atom stereocenters. The van der Waals surface area contributed by atoms with Gasteiger partial charge in [-0.05, 0) is 36.1 Å². The van der Waals surface area contributed by atoms with Gasteiger partial charge >= 0.3 is 0 Å². The number of fused-ring (bicyclic) bond motifs is 1. The molecule has 0 radical (unpaired) electrons. The highest BCUT2D eigenvalue weighted by molar-refractivity contribution is 7.88. The molecule has 25 heavy (non-hydrogen) atoms. The second-order valence-electron chi connectivity index (χ2n) is 6.41. The standard InChI is InChI=1S/C19H21NO4S/c21-25(22,14-15-5-2-1-3-6-15)20-10-4-7-17(20)16-8-9-18-19(13-16)24-12-11-23-18/h1-3,5-6,8-9,13,17H,4,7,10-12,14H2. The van der Waals surface area contributed by atoms with E-state index in [2.05, 4.69) is 0 Å². The van der Waals surface area contributed by atoms with Gasteiger partial charge in [-0.2, -0.15) is 4.31 Å². The van der Waals surface area contributed by atoms with Crippen molar-refractivity contribution in [2.24, 2.45) is 0 Å². The predicted molar refractivity (Wildman–Crippen MR) is 95.2 cm³/mol. The van der Waals surface area contributed by atoms with Crippen LogP contribution in [0.25, 0.3) is 0 Å². The molecule has 132 valence electrons. The summed E-state index contributed by atoms with van der Waals surface area (Å²) in [6.07, 6.45) is 1.70. The Balaban J connectivity index is 1.60. The first-order chi connectivity index (χ1) is 12.1. The number of hydrogen-bond acceptors (Lipinski definition) is 4. The monoisotopic (exact) mass is 359 g/mol. The zero-order valence-corrected chi connectivity index (χ0v) is 14.7. The van der Waals surface area contributed by atoms with E-state index in [4.69, 9.17) is 9.47 Å². The third kappa shape index (κ3) is 3.37. The maximum atomic E-state index is 12.9. The molecule has 1 atom stereocenters. The zero-order valence-electron chi connectivity index (χ0n) is 13.9. The molecule has 1 saturated heterocycles. The molecule has 0 bridgehead atoms. The summed E-state index contributed by atoms with van der Waals surface area (Å²) in [5.41, 5.74) is 1.79.